The van der Waals surface area contributed by atoms with Crippen LogP contribution in [0.2, 0.25) is 0 Å². The molecule has 0 aliphatic carbocycles. The number of carbonyl (C=O) groups excluding carboxylic acids is 1. The van der Waals surface area contributed by atoms with Crippen LogP contribution < -0.4 is 0 Å². The monoisotopic (exact) mass is 292 g/mol. The van der Waals surface area contributed by atoms with Crippen molar-refractivity contribution in [3.63, 3.8) is 0 Å². The Kier molecular flexibility index (Phi) is 3.24. The minimum absolute atomic E-state index is 0.0681. The molecule has 0 aliphatic rings. The summed E-state index contributed by atoms with van der Waals surface area (Å²) in [6.07, 6.45) is -0.0681. The number of rotatable bonds is 3. The van der Waals surface area contributed by atoms with Gasteiger partial charge in [-0.25, -0.2) is 4.79 Å². The Hall–Kier alpha value is -1.68. The van der Waals surface area contributed by atoms with Gasteiger partial charge in [0.1, 0.15) is 0 Å². The first-order chi connectivity index (χ1) is 8.06. The van der Waals surface area contributed by atoms with Crippen LogP contribution in [0.25, 0.3) is 10.8 Å². The van der Waals surface area contributed by atoms with E-state index in [0.717, 1.165) is 15.2 Å². The molecule has 17 heavy (non-hydrogen) atoms. The predicted octanol–water partition coefficient (Wildman–Crippen LogP) is 2.80. The van der Waals surface area contributed by atoms with E-state index in [1.54, 1.807) is 6.07 Å². The third kappa shape index (κ3) is 2.71. The fourth-order valence-corrected chi connectivity index (χ4v) is 2.02. The molecule has 4 heteroatoms. The van der Waals surface area contributed by atoms with Gasteiger partial charge in [-0.2, -0.15) is 0 Å². The Morgan fingerprint density at radius 1 is 1.06 bits per heavy atom. The third-order valence-electron chi connectivity index (χ3n) is 2.47. The van der Waals surface area contributed by atoms with Crippen LogP contribution in [0.4, 0.5) is 0 Å². The first-order valence-corrected chi connectivity index (χ1v) is 5.80. The van der Waals surface area contributed by atoms with Crippen LogP contribution in [0, 0.1) is 0 Å². The van der Waals surface area contributed by atoms with E-state index in [1.807, 2.05) is 30.3 Å². The van der Waals surface area contributed by atoms with Gasteiger partial charge in [0.25, 0.3) is 0 Å². The van der Waals surface area contributed by atoms with Crippen molar-refractivity contribution < 1.29 is 14.7 Å². The van der Waals surface area contributed by atoms with Crippen LogP contribution in [0.1, 0.15) is 5.56 Å². The molecule has 0 fully saturated rings. The highest BCUT2D eigenvalue weighted by Crippen LogP contribution is 2.21. The van der Waals surface area contributed by atoms with Gasteiger partial charge in [0, 0.05) is 10.9 Å². The van der Waals surface area contributed by atoms with E-state index in [4.69, 9.17) is 5.11 Å². The fraction of sp³-hybridized carbons (Fsp3) is 0.0769. The molecule has 1 N–H and O–H groups in total. The molecule has 0 amide bonds. The molecule has 0 heterocycles. The summed E-state index contributed by atoms with van der Waals surface area (Å²) in [5.74, 6) is -2.18. The lowest BCUT2D eigenvalue weighted by Gasteiger charge is -2.02. The number of aliphatic carboxylic acids is 1. The van der Waals surface area contributed by atoms with Crippen molar-refractivity contribution in [2.75, 3.05) is 0 Å². The zero-order chi connectivity index (χ0) is 12.4. The van der Waals surface area contributed by atoms with Gasteiger partial charge < -0.3 is 5.11 Å². The van der Waals surface area contributed by atoms with Gasteiger partial charge in [-0.3, -0.25) is 4.79 Å². The maximum Gasteiger partial charge on any atom is 0.372 e. The molecule has 0 atom stereocenters. The van der Waals surface area contributed by atoms with Crippen LogP contribution in [-0.2, 0) is 16.0 Å². The van der Waals surface area contributed by atoms with Gasteiger partial charge in [-0.05, 0) is 28.5 Å². The predicted molar refractivity (Wildman–Crippen MR) is 68.0 cm³/mol. The van der Waals surface area contributed by atoms with E-state index in [0.29, 0.717) is 5.56 Å². The van der Waals surface area contributed by atoms with Crippen LogP contribution in [0.5, 0.6) is 0 Å². The summed E-state index contributed by atoms with van der Waals surface area (Å²) in [6.45, 7) is 0. The van der Waals surface area contributed by atoms with Crippen molar-refractivity contribution in [1.82, 2.24) is 0 Å². The minimum Gasteiger partial charge on any atom is -0.475 e. The number of hydrogen-bond donors (Lipinski definition) is 1. The van der Waals surface area contributed by atoms with Crippen molar-refractivity contribution in [3.8, 4) is 0 Å². The number of benzene rings is 2. The highest BCUT2D eigenvalue weighted by molar-refractivity contribution is 9.10. The van der Waals surface area contributed by atoms with Crippen molar-refractivity contribution >= 4 is 38.5 Å². The summed E-state index contributed by atoms with van der Waals surface area (Å²) in [5, 5.41) is 10.6. The van der Waals surface area contributed by atoms with Crippen molar-refractivity contribution in [2.45, 2.75) is 6.42 Å². The second-order valence-electron chi connectivity index (χ2n) is 3.73. The largest absolute Gasteiger partial charge is 0.475 e. The molecule has 0 bridgehead atoms. The van der Waals surface area contributed by atoms with Crippen LogP contribution in [0.15, 0.2) is 40.9 Å². The standard InChI is InChI=1S/C13H9BrO3/c14-11-4-3-9-5-8(1-2-10(9)7-11)6-12(15)13(16)17/h1-5,7H,6H2,(H,16,17). The molecule has 0 saturated heterocycles. The molecule has 3 nitrogen and oxygen atoms in total. The summed E-state index contributed by atoms with van der Waals surface area (Å²) < 4.78 is 0.986. The number of carboxylic acids is 1. The van der Waals surface area contributed by atoms with Crippen LogP contribution in [0.3, 0.4) is 0 Å². The molecule has 2 rings (SSSR count). The average Bonchev–Trinajstić information content (AvgIpc) is 2.29. The molecule has 0 spiro atoms. The van der Waals surface area contributed by atoms with Gasteiger partial charge in [0.2, 0.25) is 5.78 Å². The van der Waals surface area contributed by atoms with Gasteiger partial charge in [-0.15, -0.1) is 0 Å². The molecule has 0 saturated carbocycles. The second-order valence-corrected chi connectivity index (χ2v) is 4.65. The summed E-state index contributed by atoms with van der Waals surface area (Å²) in [5.41, 5.74) is 0.715. The van der Waals surface area contributed by atoms with Gasteiger partial charge in [-0.1, -0.05) is 40.2 Å². The van der Waals surface area contributed by atoms with E-state index in [-0.39, 0.29) is 6.42 Å². The van der Waals surface area contributed by atoms with Gasteiger partial charge in [0.05, 0.1) is 0 Å². The normalized spacial score (nSPS) is 10.4. The van der Waals surface area contributed by atoms with Crippen molar-refractivity contribution in [1.29, 1.82) is 0 Å². The molecular weight excluding hydrogens is 284 g/mol. The summed E-state index contributed by atoms with van der Waals surface area (Å²) in [7, 11) is 0. The maximum absolute atomic E-state index is 11.1. The molecule has 0 unspecified atom stereocenters. The Bertz CT molecular complexity index is 605. The van der Waals surface area contributed by atoms with Crippen molar-refractivity contribution in [2.24, 2.45) is 0 Å². The molecule has 2 aromatic carbocycles. The zero-order valence-electron chi connectivity index (χ0n) is 8.81. The lowest BCUT2D eigenvalue weighted by atomic mass is 10.0. The van der Waals surface area contributed by atoms with Crippen LogP contribution in [-0.4, -0.2) is 16.9 Å². The molecule has 0 radical (unpaired) electrons. The molecule has 0 aliphatic heterocycles. The number of carbonyl (C=O) groups is 2. The average molecular weight is 293 g/mol. The fourth-order valence-electron chi connectivity index (χ4n) is 1.64. The van der Waals surface area contributed by atoms with E-state index in [9.17, 15) is 9.59 Å². The molecule has 0 aromatic heterocycles. The third-order valence-corrected chi connectivity index (χ3v) is 2.96. The van der Waals surface area contributed by atoms with Crippen LogP contribution >= 0.6 is 15.9 Å². The smallest absolute Gasteiger partial charge is 0.372 e. The summed E-state index contributed by atoms with van der Waals surface area (Å²) >= 11 is 3.38. The SMILES string of the molecule is O=C(O)C(=O)Cc1ccc2cc(Br)ccc2c1. The lowest BCUT2D eigenvalue weighted by Crippen LogP contribution is -2.14. The van der Waals surface area contributed by atoms with E-state index in [2.05, 4.69) is 15.9 Å². The number of carboxylic acid groups (broad SMARTS) is 1. The quantitative estimate of drug-likeness (QED) is 0.885. The van der Waals surface area contributed by atoms with E-state index >= 15 is 0 Å². The number of ketones is 1. The summed E-state index contributed by atoms with van der Waals surface area (Å²) in [4.78, 5) is 21.6. The minimum atomic E-state index is -1.39. The summed E-state index contributed by atoms with van der Waals surface area (Å²) in [6, 6.07) is 11.3. The molecule has 2 aromatic rings. The highest BCUT2D eigenvalue weighted by Gasteiger charge is 2.12. The number of fused-ring (bicyclic) bond motifs is 1. The topological polar surface area (TPSA) is 54.4 Å². The maximum atomic E-state index is 11.1. The number of halogens is 1. The highest BCUT2D eigenvalue weighted by atomic mass is 79.9. The Morgan fingerprint density at radius 3 is 2.41 bits per heavy atom. The van der Waals surface area contributed by atoms with Gasteiger partial charge in [0.15, 0.2) is 0 Å². The number of hydrogen-bond acceptors (Lipinski definition) is 2. The molecular formula is C13H9BrO3. The lowest BCUT2D eigenvalue weighted by molar-refractivity contribution is -0.148. The zero-order valence-corrected chi connectivity index (χ0v) is 10.4. The Balaban J connectivity index is 2.35. The van der Waals surface area contributed by atoms with E-state index < -0.39 is 11.8 Å². The number of Topliss-reactive ketones (excluding diaryl/α,β-unsaturated/α-hetero) is 1. The first kappa shape index (κ1) is 11.8. The Labute approximate surface area is 106 Å². The first-order valence-electron chi connectivity index (χ1n) is 5.00. The Morgan fingerprint density at radius 2 is 1.71 bits per heavy atom. The van der Waals surface area contributed by atoms with Gasteiger partial charge >= 0.3 is 5.97 Å². The van der Waals surface area contributed by atoms with E-state index in [1.165, 1.54) is 0 Å². The molecule has 86 valence electrons. The van der Waals surface area contributed by atoms with Crippen molar-refractivity contribution in [3.05, 3.63) is 46.4 Å². The second kappa shape index (κ2) is 4.67.